The Kier molecular flexibility index (Phi) is 4.97. The van der Waals surface area contributed by atoms with E-state index in [1.165, 1.54) is 22.9 Å². The van der Waals surface area contributed by atoms with Crippen LogP contribution in [0.3, 0.4) is 0 Å². The number of urea groups is 1. The lowest BCUT2D eigenvalue weighted by Gasteiger charge is -2.29. The van der Waals surface area contributed by atoms with Gasteiger partial charge in [-0.25, -0.2) is 9.48 Å². The summed E-state index contributed by atoms with van der Waals surface area (Å²) in [5.74, 6) is -1.47. The van der Waals surface area contributed by atoms with Crippen molar-refractivity contribution in [1.82, 2.24) is 20.0 Å². The molecule has 3 amide bonds. The Bertz CT molecular complexity index is 1230. The molecule has 32 heavy (non-hydrogen) atoms. The van der Waals surface area contributed by atoms with Crippen molar-refractivity contribution in [2.24, 2.45) is 0 Å². The standard InChI is InChI=1S/C22H16F3N5O2/c1-14-17(12-26)18(30(28-14)16-10-6-3-7-11-16)13-29-19(31)21(22(23,24)25,27-20(29)32)15-8-4-2-5-9-15/h2-11H,13H2,1H3,(H,27,32). The average Bonchev–Trinajstić information content (AvgIpc) is 3.23. The Labute approximate surface area is 180 Å². The van der Waals surface area contributed by atoms with E-state index in [-0.39, 0.29) is 11.3 Å². The molecule has 162 valence electrons. The zero-order valence-corrected chi connectivity index (χ0v) is 16.7. The van der Waals surface area contributed by atoms with E-state index < -0.39 is 35.8 Å². The number of aromatic nitrogens is 2. The number of amides is 3. The SMILES string of the molecule is Cc1nn(-c2ccccc2)c(CN2C(=O)NC(c3ccccc3)(C(F)(F)F)C2=O)c1C#N. The Balaban J connectivity index is 1.81. The normalized spacial score (nSPS) is 18.5. The molecule has 1 aliphatic heterocycles. The molecule has 1 aliphatic rings. The summed E-state index contributed by atoms with van der Waals surface area (Å²) in [5, 5.41) is 15.7. The van der Waals surface area contributed by atoms with E-state index in [9.17, 15) is 28.0 Å². The third-order valence-electron chi connectivity index (χ3n) is 5.31. The van der Waals surface area contributed by atoms with Gasteiger partial charge in [0.2, 0.25) is 5.54 Å². The van der Waals surface area contributed by atoms with Crippen molar-refractivity contribution in [3.63, 3.8) is 0 Å². The predicted molar refractivity (Wildman–Crippen MR) is 106 cm³/mol. The molecule has 1 saturated heterocycles. The number of nitrogens with zero attached hydrogens (tertiary/aromatic N) is 4. The minimum absolute atomic E-state index is 0.0821. The molecule has 1 unspecified atom stereocenters. The highest BCUT2D eigenvalue weighted by Crippen LogP contribution is 2.44. The minimum atomic E-state index is -5.09. The molecule has 4 rings (SSSR count). The summed E-state index contributed by atoms with van der Waals surface area (Å²) in [5.41, 5.74) is -2.55. The van der Waals surface area contributed by atoms with E-state index in [4.69, 9.17) is 0 Å². The second-order valence-corrected chi connectivity index (χ2v) is 7.20. The highest BCUT2D eigenvalue weighted by atomic mass is 19.4. The summed E-state index contributed by atoms with van der Waals surface area (Å²) >= 11 is 0. The van der Waals surface area contributed by atoms with E-state index >= 15 is 0 Å². The van der Waals surface area contributed by atoms with E-state index in [0.29, 0.717) is 16.3 Å². The summed E-state index contributed by atoms with van der Waals surface area (Å²) < 4.78 is 43.9. The molecule has 7 nitrogen and oxygen atoms in total. The van der Waals surface area contributed by atoms with Gasteiger partial charge in [-0.1, -0.05) is 48.5 Å². The first-order valence-electron chi connectivity index (χ1n) is 9.51. The number of nitriles is 1. The summed E-state index contributed by atoms with van der Waals surface area (Å²) in [6.45, 7) is 1.01. The molecule has 0 radical (unpaired) electrons. The van der Waals surface area contributed by atoms with Crippen LogP contribution in [-0.4, -0.2) is 32.8 Å². The second-order valence-electron chi connectivity index (χ2n) is 7.20. The van der Waals surface area contributed by atoms with Crippen molar-refractivity contribution in [1.29, 1.82) is 5.26 Å². The fourth-order valence-electron chi connectivity index (χ4n) is 3.76. The maximum atomic E-state index is 14.2. The highest BCUT2D eigenvalue weighted by Gasteiger charge is 2.68. The van der Waals surface area contributed by atoms with Crippen molar-refractivity contribution < 1.29 is 22.8 Å². The zero-order valence-electron chi connectivity index (χ0n) is 16.7. The molecule has 0 bridgehead atoms. The molecule has 1 fully saturated rings. The maximum absolute atomic E-state index is 14.2. The molecular formula is C22H16F3N5O2. The number of benzene rings is 2. The third-order valence-corrected chi connectivity index (χ3v) is 5.31. The number of para-hydroxylation sites is 1. The Morgan fingerprint density at radius 1 is 1.06 bits per heavy atom. The number of rotatable bonds is 4. The number of nitrogens with one attached hydrogen (secondary N) is 1. The van der Waals surface area contributed by atoms with Gasteiger partial charge in [-0.2, -0.15) is 23.5 Å². The van der Waals surface area contributed by atoms with E-state index in [0.717, 1.165) is 12.1 Å². The lowest BCUT2D eigenvalue weighted by atomic mass is 9.89. The lowest BCUT2D eigenvalue weighted by Crippen LogP contribution is -2.55. The number of hydrogen-bond donors (Lipinski definition) is 1. The van der Waals surface area contributed by atoms with Crippen LogP contribution in [0, 0.1) is 18.3 Å². The summed E-state index contributed by atoms with van der Waals surface area (Å²) in [7, 11) is 0. The number of carbonyl (C=O) groups excluding carboxylic acids is 2. The van der Waals surface area contributed by atoms with Gasteiger partial charge < -0.3 is 5.32 Å². The molecule has 0 saturated carbocycles. The summed E-state index contributed by atoms with van der Waals surface area (Å²) in [4.78, 5) is 26.3. The van der Waals surface area contributed by atoms with Gasteiger partial charge in [0.1, 0.15) is 6.07 Å². The van der Waals surface area contributed by atoms with Gasteiger partial charge in [-0.3, -0.25) is 9.69 Å². The first-order chi connectivity index (χ1) is 15.2. The first kappa shape index (κ1) is 21.1. The summed E-state index contributed by atoms with van der Waals surface area (Å²) in [6.07, 6.45) is -5.09. The highest BCUT2D eigenvalue weighted by molar-refractivity contribution is 6.08. The van der Waals surface area contributed by atoms with Crippen LogP contribution in [0.4, 0.5) is 18.0 Å². The van der Waals surface area contributed by atoms with Gasteiger partial charge in [0.05, 0.1) is 29.2 Å². The van der Waals surface area contributed by atoms with E-state index in [2.05, 4.69) is 5.10 Å². The number of carbonyl (C=O) groups is 2. The van der Waals surface area contributed by atoms with Crippen molar-refractivity contribution in [3.05, 3.63) is 83.2 Å². The van der Waals surface area contributed by atoms with Gasteiger partial charge >= 0.3 is 12.2 Å². The topological polar surface area (TPSA) is 91.0 Å². The first-order valence-corrected chi connectivity index (χ1v) is 9.51. The Morgan fingerprint density at radius 3 is 2.22 bits per heavy atom. The van der Waals surface area contributed by atoms with Gasteiger partial charge in [0.25, 0.3) is 5.91 Å². The monoisotopic (exact) mass is 439 g/mol. The molecule has 0 aliphatic carbocycles. The van der Waals surface area contributed by atoms with Crippen LogP contribution in [0.1, 0.15) is 22.5 Å². The quantitative estimate of drug-likeness (QED) is 0.630. The van der Waals surface area contributed by atoms with Gasteiger partial charge in [-0.15, -0.1) is 0 Å². The van der Waals surface area contributed by atoms with Gasteiger partial charge in [-0.05, 0) is 24.6 Å². The van der Waals surface area contributed by atoms with Crippen molar-refractivity contribution in [2.45, 2.75) is 25.2 Å². The van der Waals surface area contributed by atoms with Crippen molar-refractivity contribution in [2.75, 3.05) is 0 Å². The largest absolute Gasteiger partial charge is 0.425 e. The average molecular weight is 439 g/mol. The maximum Gasteiger partial charge on any atom is 0.425 e. The van der Waals surface area contributed by atoms with Gasteiger partial charge in [0, 0.05) is 0 Å². The van der Waals surface area contributed by atoms with Crippen LogP contribution in [-0.2, 0) is 16.9 Å². The Morgan fingerprint density at radius 2 is 1.66 bits per heavy atom. The molecule has 1 atom stereocenters. The minimum Gasteiger partial charge on any atom is -0.312 e. The smallest absolute Gasteiger partial charge is 0.312 e. The fourth-order valence-corrected chi connectivity index (χ4v) is 3.76. The van der Waals surface area contributed by atoms with E-state index in [1.807, 2.05) is 11.4 Å². The Hall–Kier alpha value is -4.13. The lowest BCUT2D eigenvalue weighted by molar-refractivity contribution is -0.198. The molecule has 2 heterocycles. The third kappa shape index (κ3) is 3.10. The molecule has 2 aromatic carbocycles. The van der Waals surface area contributed by atoms with Crippen LogP contribution < -0.4 is 5.32 Å². The summed E-state index contributed by atoms with van der Waals surface area (Å²) in [6, 6.07) is 15.8. The second kappa shape index (κ2) is 7.53. The molecule has 10 heteroatoms. The van der Waals surface area contributed by atoms with Crippen LogP contribution in [0.15, 0.2) is 60.7 Å². The molecule has 1 N–H and O–H groups in total. The van der Waals surface area contributed by atoms with Gasteiger partial charge in [0.15, 0.2) is 0 Å². The number of imide groups is 1. The van der Waals surface area contributed by atoms with Crippen LogP contribution >= 0.6 is 0 Å². The van der Waals surface area contributed by atoms with Crippen LogP contribution in [0.2, 0.25) is 0 Å². The van der Waals surface area contributed by atoms with Crippen LogP contribution in [0.25, 0.3) is 5.69 Å². The number of alkyl halides is 3. The molecule has 1 aromatic heterocycles. The number of halogens is 3. The van der Waals surface area contributed by atoms with Crippen molar-refractivity contribution in [3.8, 4) is 11.8 Å². The van der Waals surface area contributed by atoms with Crippen molar-refractivity contribution >= 4 is 11.9 Å². The van der Waals surface area contributed by atoms with E-state index in [1.54, 1.807) is 37.3 Å². The number of aryl methyl sites for hydroxylation is 1. The molecular weight excluding hydrogens is 423 g/mol. The fraction of sp³-hybridized carbons (Fsp3) is 0.182. The zero-order chi connectivity index (χ0) is 23.1. The molecule has 0 spiro atoms. The number of hydrogen-bond acceptors (Lipinski definition) is 4. The predicted octanol–water partition coefficient (Wildman–Crippen LogP) is 3.56. The molecule has 3 aromatic rings. The van der Waals surface area contributed by atoms with Crippen LogP contribution in [0.5, 0.6) is 0 Å².